The summed E-state index contributed by atoms with van der Waals surface area (Å²) in [4.78, 5) is 4.80. The number of rotatable bonds is 10. The summed E-state index contributed by atoms with van der Waals surface area (Å²) in [6.45, 7) is 6.29. The van der Waals surface area contributed by atoms with Crippen LogP contribution in [0, 0.1) is 0 Å². The fourth-order valence-electron chi connectivity index (χ4n) is 11.8. The molecule has 0 radical (unpaired) electrons. The maximum absolute atomic E-state index is 2.42. The monoisotopic (exact) mass is 886 g/mol. The van der Waals surface area contributed by atoms with E-state index < -0.39 is 5.41 Å². The molecule has 1 aliphatic carbocycles. The summed E-state index contributed by atoms with van der Waals surface area (Å²) in [6, 6.07) is 89.8. The molecular formula is C65H50N4. The Hall–Kier alpha value is -8.60. The first-order chi connectivity index (χ1) is 34.1. The van der Waals surface area contributed by atoms with Gasteiger partial charge in [0.2, 0.25) is 0 Å². The molecule has 0 atom stereocenters. The molecule has 0 fully saturated rings. The molecular weight excluding hydrogens is 837 g/mol. The summed E-state index contributed by atoms with van der Waals surface area (Å²) >= 11 is 0. The Kier molecular flexibility index (Phi) is 9.62. The van der Waals surface area contributed by atoms with E-state index >= 15 is 0 Å². The SMILES string of the molecule is CCn1c2ccccc2c2cc(N(c3ccccc3)c3ccc(C4(c5ccc(N(c6ccccc6)c6ccc7c(c6)c6ccccc6n7CC)cc5)c5ccccc5-c5ccccc54)cc3)ccc21. The van der Waals surface area contributed by atoms with E-state index in [9.17, 15) is 0 Å². The zero-order valence-corrected chi connectivity index (χ0v) is 38.8. The van der Waals surface area contributed by atoms with E-state index in [-0.39, 0.29) is 0 Å². The second kappa shape index (κ2) is 16.3. The predicted octanol–water partition coefficient (Wildman–Crippen LogP) is 17.2. The summed E-state index contributed by atoms with van der Waals surface area (Å²) in [5.74, 6) is 0. The van der Waals surface area contributed by atoms with Crippen molar-refractivity contribution in [3.8, 4) is 11.1 Å². The van der Waals surface area contributed by atoms with Crippen molar-refractivity contribution >= 4 is 77.7 Å². The Morgan fingerprint density at radius 2 is 0.638 bits per heavy atom. The van der Waals surface area contributed by atoms with Crippen LogP contribution < -0.4 is 9.80 Å². The average molecular weight is 887 g/mol. The van der Waals surface area contributed by atoms with Crippen LogP contribution in [0.15, 0.2) is 243 Å². The minimum atomic E-state index is -0.568. The molecule has 12 aromatic rings. The maximum atomic E-state index is 2.42. The third-order valence-electron chi connectivity index (χ3n) is 14.8. The molecule has 69 heavy (non-hydrogen) atoms. The van der Waals surface area contributed by atoms with Crippen LogP contribution in [-0.2, 0) is 18.5 Å². The van der Waals surface area contributed by atoms with Gasteiger partial charge in [-0.3, -0.25) is 0 Å². The Morgan fingerprint density at radius 1 is 0.304 bits per heavy atom. The van der Waals surface area contributed by atoms with Gasteiger partial charge in [0.15, 0.2) is 0 Å². The van der Waals surface area contributed by atoms with Crippen molar-refractivity contribution in [1.29, 1.82) is 0 Å². The lowest BCUT2D eigenvalue weighted by Gasteiger charge is -2.35. The van der Waals surface area contributed by atoms with E-state index in [2.05, 4.69) is 275 Å². The molecule has 13 rings (SSSR count). The number of aryl methyl sites for hydroxylation is 2. The first kappa shape index (κ1) is 40.7. The number of para-hydroxylation sites is 4. The van der Waals surface area contributed by atoms with E-state index in [0.29, 0.717) is 0 Å². The van der Waals surface area contributed by atoms with Crippen molar-refractivity contribution in [3.63, 3.8) is 0 Å². The van der Waals surface area contributed by atoms with Crippen molar-refractivity contribution in [1.82, 2.24) is 9.13 Å². The van der Waals surface area contributed by atoms with Gasteiger partial charge in [-0.05, 0) is 144 Å². The Balaban J connectivity index is 0.964. The largest absolute Gasteiger partial charge is 0.341 e. The number of benzene rings is 10. The normalized spacial score (nSPS) is 12.7. The van der Waals surface area contributed by atoms with Crippen LogP contribution in [0.1, 0.15) is 36.1 Å². The topological polar surface area (TPSA) is 16.3 Å². The molecule has 0 amide bonds. The molecule has 0 N–H and O–H groups in total. The average Bonchev–Trinajstić information content (AvgIpc) is 4.03. The number of nitrogens with zero attached hydrogens (tertiary/aromatic N) is 4. The smallest absolute Gasteiger partial charge is 0.0713 e. The number of hydrogen-bond acceptors (Lipinski definition) is 2. The molecule has 0 aliphatic heterocycles. The third-order valence-corrected chi connectivity index (χ3v) is 14.8. The first-order valence-corrected chi connectivity index (χ1v) is 24.3. The van der Waals surface area contributed by atoms with Gasteiger partial charge in [0.05, 0.1) is 5.41 Å². The minimum absolute atomic E-state index is 0.568. The van der Waals surface area contributed by atoms with E-state index in [1.807, 2.05) is 0 Å². The Bertz CT molecular complexity index is 3610. The summed E-state index contributed by atoms with van der Waals surface area (Å²) in [7, 11) is 0. The highest BCUT2D eigenvalue weighted by Gasteiger charge is 2.46. The minimum Gasteiger partial charge on any atom is -0.341 e. The van der Waals surface area contributed by atoms with Gasteiger partial charge in [-0.2, -0.15) is 0 Å². The standard InChI is InChI=1S/C65H50N4/c1-3-66-61-29-17-13-25-55(61)57-43-51(39-41-63(57)66)68(47-19-7-5-8-20-47)49-35-31-45(32-36-49)65(59-27-15-11-23-53(59)54-24-12-16-28-60(54)65)46-33-37-50(38-34-46)69(48-21-9-6-10-22-48)52-40-42-64-58(44-52)56-26-14-18-30-62(56)67(64)4-2/h5-44H,3-4H2,1-2H3. The quantitative estimate of drug-likeness (QED) is 0.136. The number of anilines is 6. The van der Waals surface area contributed by atoms with Crippen LogP contribution >= 0.6 is 0 Å². The van der Waals surface area contributed by atoms with E-state index in [1.54, 1.807) is 0 Å². The van der Waals surface area contributed by atoms with Gasteiger partial charge in [0.1, 0.15) is 0 Å². The van der Waals surface area contributed by atoms with Crippen molar-refractivity contribution in [2.45, 2.75) is 32.4 Å². The van der Waals surface area contributed by atoms with Gasteiger partial charge in [-0.1, -0.05) is 146 Å². The maximum Gasteiger partial charge on any atom is 0.0713 e. The van der Waals surface area contributed by atoms with E-state index in [4.69, 9.17) is 0 Å². The fraction of sp³-hybridized carbons (Fsp3) is 0.0769. The van der Waals surface area contributed by atoms with Gasteiger partial charge in [-0.15, -0.1) is 0 Å². The summed E-state index contributed by atoms with van der Waals surface area (Å²) < 4.78 is 4.84. The number of aromatic nitrogens is 2. The van der Waals surface area contributed by atoms with Gasteiger partial charge in [0, 0.05) is 90.8 Å². The lowest BCUT2D eigenvalue weighted by atomic mass is 9.67. The Labute approximate surface area is 403 Å². The molecule has 4 nitrogen and oxygen atoms in total. The predicted molar refractivity (Wildman–Crippen MR) is 290 cm³/mol. The summed E-state index contributed by atoms with van der Waals surface area (Å²) in [5.41, 5.74) is 18.8. The second-order valence-corrected chi connectivity index (χ2v) is 18.2. The van der Waals surface area contributed by atoms with Gasteiger partial charge < -0.3 is 18.9 Å². The van der Waals surface area contributed by atoms with Crippen molar-refractivity contribution < 1.29 is 0 Å². The molecule has 2 aromatic heterocycles. The number of hydrogen-bond donors (Lipinski definition) is 0. The molecule has 1 aliphatic rings. The van der Waals surface area contributed by atoms with Crippen molar-refractivity contribution in [2.24, 2.45) is 0 Å². The molecule has 4 heteroatoms. The molecule has 0 saturated heterocycles. The van der Waals surface area contributed by atoms with Crippen LogP contribution in [0.4, 0.5) is 34.1 Å². The van der Waals surface area contributed by atoms with Crippen LogP contribution in [0.25, 0.3) is 54.7 Å². The lowest BCUT2D eigenvalue weighted by molar-refractivity contribution is 0.768. The zero-order valence-electron chi connectivity index (χ0n) is 38.8. The van der Waals surface area contributed by atoms with Crippen LogP contribution in [0.2, 0.25) is 0 Å². The van der Waals surface area contributed by atoms with E-state index in [1.165, 1.54) is 77.0 Å². The highest BCUT2D eigenvalue weighted by Crippen LogP contribution is 2.57. The summed E-state index contributed by atoms with van der Waals surface area (Å²) in [6.07, 6.45) is 0. The van der Waals surface area contributed by atoms with Gasteiger partial charge >= 0.3 is 0 Å². The second-order valence-electron chi connectivity index (χ2n) is 18.2. The van der Waals surface area contributed by atoms with Crippen molar-refractivity contribution in [3.05, 3.63) is 265 Å². The molecule has 0 spiro atoms. The lowest BCUT2D eigenvalue weighted by Crippen LogP contribution is -2.28. The fourth-order valence-corrected chi connectivity index (χ4v) is 11.8. The number of fused-ring (bicyclic) bond motifs is 9. The van der Waals surface area contributed by atoms with Crippen LogP contribution in [0.5, 0.6) is 0 Å². The highest BCUT2D eigenvalue weighted by atomic mass is 15.1. The molecule has 10 aromatic carbocycles. The first-order valence-electron chi connectivity index (χ1n) is 24.3. The molecule has 0 unspecified atom stereocenters. The van der Waals surface area contributed by atoms with Gasteiger partial charge in [-0.25, -0.2) is 0 Å². The van der Waals surface area contributed by atoms with Crippen LogP contribution in [0.3, 0.4) is 0 Å². The molecule has 330 valence electrons. The molecule has 0 saturated carbocycles. The van der Waals surface area contributed by atoms with E-state index in [0.717, 1.165) is 47.2 Å². The highest BCUT2D eigenvalue weighted by molar-refractivity contribution is 6.10. The van der Waals surface area contributed by atoms with Crippen LogP contribution in [-0.4, -0.2) is 9.13 Å². The molecule has 2 heterocycles. The Morgan fingerprint density at radius 3 is 1.06 bits per heavy atom. The summed E-state index contributed by atoms with van der Waals surface area (Å²) in [5, 5.41) is 5.08. The van der Waals surface area contributed by atoms with Gasteiger partial charge in [0.25, 0.3) is 0 Å². The van der Waals surface area contributed by atoms with Crippen molar-refractivity contribution in [2.75, 3.05) is 9.80 Å². The zero-order chi connectivity index (χ0) is 46.1. The molecule has 0 bridgehead atoms. The third kappa shape index (κ3) is 6.22.